The molecule has 0 saturated carbocycles. The number of hydrogen-bond acceptors (Lipinski definition) is 4. The Balaban J connectivity index is 2.75. The fourth-order valence-corrected chi connectivity index (χ4v) is 2.58. The van der Waals surface area contributed by atoms with E-state index in [1.807, 2.05) is 13.8 Å². The van der Waals surface area contributed by atoms with Gasteiger partial charge >= 0.3 is 0 Å². The van der Waals surface area contributed by atoms with Crippen molar-refractivity contribution in [2.75, 3.05) is 6.54 Å². The molecule has 6 nitrogen and oxygen atoms in total. The number of primary sulfonamides is 1. The summed E-state index contributed by atoms with van der Waals surface area (Å²) in [4.78, 5) is 12.1. The van der Waals surface area contributed by atoms with Crippen LogP contribution in [-0.2, 0) is 14.8 Å². The highest BCUT2D eigenvalue weighted by atomic mass is 32.2. The molecule has 0 heterocycles. The monoisotopic (exact) mass is 313 g/mol. The Morgan fingerprint density at radius 3 is 2.29 bits per heavy atom. The summed E-state index contributed by atoms with van der Waals surface area (Å²) in [5, 5.41) is 7.93. The Morgan fingerprint density at radius 2 is 1.86 bits per heavy atom. The zero-order valence-electron chi connectivity index (χ0n) is 12.4. The molecule has 0 aliphatic heterocycles. The molecule has 2 unspecified atom stereocenters. The van der Waals surface area contributed by atoms with Crippen molar-refractivity contribution in [3.8, 4) is 0 Å². The molecule has 1 rings (SSSR count). The molecule has 0 aliphatic rings. The fourth-order valence-electron chi connectivity index (χ4n) is 2.07. The average molecular weight is 313 g/mol. The van der Waals surface area contributed by atoms with Gasteiger partial charge in [-0.2, -0.15) is 0 Å². The molecule has 0 aliphatic carbocycles. The quantitative estimate of drug-likeness (QED) is 0.693. The predicted molar refractivity (Wildman–Crippen MR) is 81.8 cm³/mol. The van der Waals surface area contributed by atoms with E-state index < -0.39 is 10.0 Å². The Kier molecular flexibility index (Phi) is 6.32. The first-order valence-corrected chi connectivity index (χ1v) is 8.47. The van der Waals surface area contributed by atoms with Crippen LogP contribution in [0.2, 0.25) is 0 Å². The van der Waals surface area contributed by atoms with Crippen molar-refractivity contribution in [2.24, 2.45) is 16.8 Å². The zero-order chi connectivity index (χ0) is 16.0. The maximum absolute atomic E-state index is 12.1. The van der Waals surface area contributed by atoms with Gasteiger partial charge < -0.3 is 11.1 Å². The van der Waals surface area contributed by atoms with Crippen molar-refractivity contribution in [3.63, 3.8) is 0 Å². The van der Waals surface area contributed by atoms with Crippen LogP contribution in [0.1, 0.15) is 38.3 Å². The lowest BCUT2D eigenvalue weighted by Crippen LogP contribution is -2.36. The van der Waals surface area contributed by atoms with Crippen molar-refractivity contribution in [1.29, 1.82) is 0 Å². The minimum absolute atomic E-state index is 0.0515. The predicted octanol–water partition coefficient (Wildman–Crippen LogP) is 0.886. The lowest BCUT2D eigenvalue weighted by molar-refractivity contribution is -0.125. The largest absolute Gasteiger partial charge is 0.349 e. The summed E-state index contributed by atoms with van der Waals surface area (Å²) in [6, 6.07) is 5.92. The second-order valence-electron chi connectivity index (χ2n) is 5.07. The molecule has 1 amide bonds. The number of benzene rings is 1. The minimum Gasteiger partial charge on any atom is -0.349 e. The van der Waals surface area contributed by atoms with Crippen LogP contribution in [0.3, 0.4) is 0 Å². The first kappa shape index (κ1) is 17.6. The number of carbonyl (C=O) groups is 1. The topological polar surface area (TPSA) is 115 Å². The van der Waals surface area contributed by atoms with E-state index in [9.17, 15) is 13.2 Å². The molecular formula is C14H23N3O3S. The molecule has 1 aromatic rings. The summed E-state index contributed by atoms with van der Waals surface area (Å²) < 4.78 is 22.4. The van der Waals surface area contributed by atoms with Gasteiger partial charge in [0.1, 0.15) is 0 Å². The Bertz CT molecular complexity index is 570. The molecule has 21 heavy (non-hydrogen) atoms. The Labute approximate surface area is 126 Å². The number of nitrogens with two attached hydrogens (primary N) is 2. The van der Waals surface area contributed by atoms with Crippen LogP contribution in [0.5, 0.6) is 0 Å². The molecule has 0 radical (unpaired) electrons. The third kappa shape index (κ3) is 5.11. The molecule has 0 spiro atoms. The summed E-state index contributed by atoms with van der Waals surface area (Å²) in [7, 11) is -3.70. The third-order valence-electron chi connectivity index (χ3n) is 3.36. The van der Waals surface area contributed by atoms with Gasteiger partial charge in [-0.3, -0.25) is 4.79 Å². The van der Waals surface area contributed by atoms with Crippen LogP contribution in [-0.4, -0.2) is 20.9 Å². The number of sulfonamides is 1. The number of rotatable bonds is 7. The van der Waals surface area contributed by atoms with Crippen molar-refractivity contribution in [1.82, 2.24) is 5.32 Å². The molecular weight excluding hydrogens is 290 g/mol. The second-order valence-corrected chi connectivity index (χ2v) is 6.63. The number of hydrogen-bond donors (Lipinski definition) is 3. The summed E-state index contributed by atoms with van der Waals surface area (Å²) >= 11 is 0. The Hall–Kier alpha value is -1.44. The lowest BCUT2D eigenvalue weighted by Gasteiger charge is -2.19. The highest BCUT2D eigenvalue weighted by Gasteiger charge is 2.18. The van der Waals surface area contributed by atoms with Gasteiger partial charge in [0.2, 0.25) is 15.9 Å². The normalized spacial score (nSPS) is 14.5. The van der Waals surface area contributed by atoms with Gasteiger partial charge in [-0.25, -0.2) is 13.6 Å². The van der Waals surface area contributed by atoms with Gasteiger partial charge in [0.25, 0.3) is 0 Å². The summed E-state index contributed by atoms with van der Waals surface area (Å²) in [6.45, 7) is 4.16. The van der Waals surface area contributed by atoms with Crippen molar-refractivity contribution in [3.05, 3.63) is 29.8 Å². The van der Waals surface area contributed by atoms with Crippen LogP contribution >= 0.6 is 0 Å². The van der Waals surface area contributed by atoms with Crippen LogP contribution in [0.4, 0.5) is 0 Å². The summed E-state index contributed by atoms with van der Waals surface area (Å²) in [6.07, 6.45) is 1.64. The first-order valence-electron chi connectivity index (χ1n) is 6.92. The van der Waals surface area contributed by atoms with Gasteiger partial charge in [0.05, 0.1) is 16.9 Å². The number of nitrogens with one attached hydrogen (secondary N) is 1. The average Bonchev–Trinajstić information content (AvgIpc) is 2.43. The lowest BCUT2D eigenvalue weighted by atomic mass is 10.0. The van der Waals surface area contributed by atoms with E-state index >= 15 is 0 Å². The fraction of sp³-hybridized carbons (Fsp3) is 0.500. The molecule has 118 valence electrons. The van der Waals surface area contributed by atoms with Crippen molar-refractivity contribution < 1.29 is 13.2 Å². The molecule has 5 N–H and O–H groups in total. The molecule has 0 saturated heterocycles. The number of amides is 1. The summed E-state index contributed by atoms with van der Waals surface area (Å²) in [5.74, 6) is -0.275. The smallest absolute Gasteiger partial charge is 0.238 e. The highest BCUT2D eigenvalue weighted by molar-refractivity contribution is 7.89. The van der Waals surface area contributed by atoms with E-state index in [-0.39, 0.29) is 22.8 Å². The molecule has 0 fully saturated rings. The van der Waals surface area contributed by atoms with Crippen LogP contribution in [0.25, 0.3) is 0 Å². The highest BCUT2D eigenvalue weighted by Crippen LogP contribution is 2.16. The van der Waals surface area contributed by atoms with Gasteiger partial charge in [-0.05, 0) is 31.0 Å². The maximum Gasteiger partial charge on any atom is 0.238 e. The molecule has 7 heteroatoms. The van der Waals surface area contributed by atoms with Crippen molar-refractivity contribution >= 4 is 15.9 Å². The van der Waals surface area contributed by atoms with Crippen LogP contribution in [0.15, 0.2) is 29.2 Å². The van der Waals surface area contributed by atoms with Gasteiger partial charge in [-0.1, -0.05) is 25.5 Å². The SMILES string of the molecule is CCCC(CN)C(=O)NC(C)c1ccc(S(N)(=O)=O)cc1. The van der Waals surface area contributed by atoms with Gasteiger partial charge in [0.15, 0.2) is 0 Å². The van der Waals surface area contributed by atoms with E-state index in [0.717, 1.165) is 18.4 Å². The molecule has 2 atom stereocenters. The van der Waals surface area contributed by atoms with E-state index in [0.29, 0.717) is 6.54 Å². The van der Waals surface area contributed by atoms with E-state index in [1.54, 1.807) is 12.1 Å². The van der Waals surface area contributed by atoms with E-state index in [1.165, 1.54) is 12.1 Å². The molecule has 0 aromatic heterocycles. The Morgan fingerprint density at radius 1 is 1.29 bits per heavy atom. The van der Waals surface area contributed by atoms with Crippen LogP contribution < -0.4 is 16.2 Å². The van der Waals surface area contributed by atoms with E-state index in [4.69, 9.17) is 10.9 Å². The summed E-state index contributed by atoms with van der Waals surface area (Å²) in [5.41, 5.74) is 6.41. The van der Waals surface area contributed by atoms with Gasteiger partial charge in [0, 0.05) is 6.54 Å². The number of carbonyl (C=O) groups excluding carboxylic acids is 1. The molecule has 1 aromatic carbocycles. The van der Waals surface area contributed by atoms with Crippen LogP contribution in [0, 0.1) is 5.92 Å². The first-order chi connectivity index (χ1) is 9.79. The minimum atomic E-state index is -3.70. The van der Waals surface area contributed by atoms with Crippen molar-refractivity contribution in [2.45, 2.75) is 37.6 Å². The maximum atomic E-state index is 12.1. The van der Waals surface area contributed by atoms with Gasteiger partial charge in [-0.15, -0.1) is 0 Å². The standard InChI is InChI=1S/C14H23N3O3S/c1-3-4-12(9-15)14(18)17-10(2)11-5-7-13(8-6-11)21(16,19)20/h5-8,10,12H,3-4,9,15H2,1-2H3,(H,17,18)(H2,16,19,20). The second kappa shape index (κ2) is 7.53. The van der Waals surface area contributed by atoms with E-state index in [2.05, 4.69) is 5.32 Å². The molecule has 0 bridgehead atoms. The zero-order valence-corrected chi connectivity index (χ0v) is 13.2. The third-order valence-corrected chi connectivity index (χ3v) is 4.29.